The predicted octanol–water partition coefficient (Wildman–Crippen LogP) is 3.15. The first-order valence-electron chi connectivity index (χ1n) is 5.43. The van der Waals surface area contributed by atoms with Crippen molar-refractivity contribution in [2.24, 2.45) is 5.92 Å². The number of carbonyl (C=O) groups is 1. The van der Waals surface area contributed by atoms with Gasteiger partial charge in [-0.05, 0) is 40.2 Å². The number of thioether (sulfide) groups is 1. The highest BCUT2D eigenvalue weighted by atomic mass is 79.9. The fourth-order valence-electron chi connectivity index (χ4n) is 1.70. The van der Waals surface area contributed by atoms with Gasteiger partial charge in [-0.15, -0.1) is 0 Å². The zero-order valence-electron chi connectivity index (χ0n) is 9.53. The van der Waals surface area contributed by atoms with Crippen LogP contribution in [0.3, 0.4) is 0 Å². The van der Waals surface area contributed by atoms with Gasteiger partial charge in [0.15, 0.2) is 0 Å². The average Bonchev–Trinajstić information content (AvgIpc) is 2.85. The van der Waals surface area contributed by atoms with E-state index in [9.17, 15) is 4.79 Å². The molecule has 1 aromatic carbocycles. The van der Waals surface area contributed by atoms with Gasteiger partial charge in [0.25, 0.3) is 0 Å². The van der Waals surface area contributed by atoms with Crippen LogP contribution in [-0.4, -0.2) is 24.5 Å². The molecular formula is C12H14BrNO2S. The summed E-state index contributed by atoms with van der Waals surface area (Å²) in [6, 6.07) is 5.55. The van der Waals surface area contributed by atoms with Gasteiger partial charge in [-0.3, -0.25) is 4.79 Å². The number of carbonyl (C=O) groups excluding carboxylic acids is 1. The number of hydrogen-bond acceptors (Lipinski definition) is 3. The highest BCUT2D eigenvalue weighted by Gasteiger charge is 2.23. The molecule has 1 fully saturated rings. The van der Waals surface area contributed by atoms with Crippen LogP contribution in [0.15, 0.2) is 22.7 Å². The maximum Gasteiger partial charge on any atom is 0.228 e. The molecule has 1 amide bonds. The Bertz CT molecular complexity index is 419. The Morgan fingerprint density at radius 3 is 3.06 bits per heavy atom. The second-order valence-corrected chi connectivity index (χ2v) is 5.90. The van der Waals surface area contributed by atoms with Crippen molar-refractivity contribution in [2.45, 2.75) is 6.42 Å². The molecule has 1 saturated heterocycles. The lowest BCUT2D eigenvalue weighted by atomic mass is 10.1. The minimum absolute atomic E-state index is 0.101. The summed E-state index contributed by atoms with van der Waals surface area (Å²) in [5.41, 5.74) is 0.770. The molecule has 1 aliphatic rings. The van der Waals surface area contributed by atoms with E-state index in [1.165, 1.54) is 0 Å². The SMILES string of the molecule is COc1ccc(Br)c(NC(=O)C2CCSC2)c1. The summed E-state index contributed by atoms with van der Waals surface area (Å²) in [4.78, 5) is 12.0. The monoisotopic (exact) mass is 315 g/mol. The van der Waals surface area contributed by atoms with Gasteiger partial charge in [-0.2, -0.15) is 11.8 Å². The first kappa shape index (κ1) is 12.8. The van der Waals surface area contributed by atoms with Gasteiger partial charge in [-0.25, -0.2) is 0 Å². The second-order valence-electron chi connectivity index (χ2n) is 3.90. The van der Waals surface area contributed by atoms with Crippen LogP contribution in [0.25, 0.3) is 0 Å². The summed E-state index contributed by atoms with van der Waals surface area (Å²) in [6.45, 7) is 0. The van der Waals surface area contributed by atoms with Crippen LogP contribution in [0.2, 0.25) is 0 Å². The number of methoxy groups -OCH3 is 1. The van der Waals surface area contributed by atoms with E-state index >= 15 is 0 Å². The minimum atomic E-state index is 0.101. The number of amides is 1. The van der Waals surface area contributed by atoms with E-state index in [0.717, 1.165) is 33.8 Å². The molecule has 0 radical (unpaired) electrons. The van der Waals surface area contributed by atoms with Gasteiger partial charge in [0.2, 0.25) is 5.91 Å². The molecule has 3 nitrogen and oxygen atoms in total. The third-order valence-corrected chi connectivity index (χ3v) is 4.59. The predicted molar refractivity (Wildman–Crippen MR) is 74.8 cm³/mol. The van der Waals surface area contributed by atoms with Crippen molar-refractivity contribution < 1.29 is 9.53 Å². The Kier molecular flexibility index (Phi) is 4.34. The molecule has 2 rings (SSSR count). The third kappa shape index (κ3) is 3.16. The normalized spacial score (nSPS) is 19.1. The number of rotatable bonds is 3. The standard InChI is InChI=1S/C12H14BrNO2S/c1-16-9-2-3-10(13)11(6-9)14-12(15)8-4-5-17-7-8/h2-3,6,8H,4-5,7H2,1H3,(H,14,15). The van der Waals surface area contributed by atoms with Crippen LogP contribution >= 0.6 is 27.7 Å². The zero-order chi connectivity index (χ0) is 12.3. The van der Waals surface area contributed by atoms with Gasteiger partial charge >= 0.3 is 0 Å². The van der Waals surface area contributed by atoms with Gasteiger partial charge in [-0.1, -0.05) is 0 Å². The fraction of sp³-hybridized carbons (Fsp3) is 0.417. The molecule has 1 aliphatic heterocycles. The Balaban J connectivity index is 2.09. The van der Waals surface area contributed by atoms with Crippen molar-refractivity contribution in [1.29, 1.82) is 0 Å². The van der Waals surface area contributed by atoms with E-state index in [1.54, 1.807) is 7.11 Å². The summed E-state index contributed by atoms with van der Waals surface area (Å²) in [7, 11) is 1.61. The van der Waals surface area contributed by atoms with E-state index in [-0.39, 0.29) is 11.8 Å². The van der Waals surface area contributed by atoms with Crippen LogP contribution in [-0.2, 0) is 4.79 Å². The maximum absolute atomic E-state index is 12.0. The Labute approximate surface area is 113 Å². The van der Waals surface area contributed by atoms with Crippen molar-refractivity contribution in [3.8, 4) is 5.75 Å². The molecule has 0 aromatic heterocycles. The number of anilines is 1. The molecule has 1 atom stereocenters. The first-order valence-corrected chi connectivity index (χ1v) is 7.37. The van der Waals surface area contributed by atoms with E-state index in [4.69, 9.17) is 4.74 Å². The van der Waals surface area contributed by atoms with Crippen molar-refractivity contribution in [3.05, 3.63) is 22.7 Å². The van der Waals surface area contributed by atoms with E-state index in [2.05, 4.69) is 21.2 Å². The number of benzene rings is 1. The van der Waals surface area contributed by atoms with E-state index < -0.39 is 0 Å². The summed E-state index contributed by atoms with van der Waals surface area (Å²) in [5.74, 6) is 2.98. The molecule has 1 N–H and O–H groups in total. The zero-order valence-corrected chi connectivity index (χ0v) is 11.9. The largest absolute Gasteiger partial charge is 0.497 e. The third-order valence-electron chi connectivity index (χ3n) is 2.73. The van der Waals surface area contributed by atoms with Crippen LogP contribution in [0.4, 0.5) is 5.69 Å². The molecule has 1 aromatic rings. The van der Waals surface area contributed by atoms with Crippen molar-refractivity contribution in [3.63, 3.8) is 0 Å². The quantitative estimate of drug-likeness (QED) is 0.931. The van der Waals surface area contributed by atoms with Crippen molar-refractivity contribution in [2.75, 3.05) is 23.9 Å². The molecular weight excluding hydrogens is 302 g/mol. The van der Waals surface area contributed by atoms with Gasteiger partial charge in [0, 0.05) is 22.2 Å². The lowest BCUT2D eigenvalue weighted by Crippen LogP contribution is -2.22. The van der Waals surface area contributed by atoms with Crippen LogP contribution in [0, 0.1) is 5.92 Å². The maximum atomic E-state index is 12.0. The molecule has 17 heavy (non-hydrogen) atoms. The lowest BCUT2D eigenvalue weighted by Gasteiger charge is -2.12. The Morgan fingerprint density at radius 2 is 2.41 bits per heavy atom. The molecule has 1 unspecified atom stereocenters. The molecule has 0 spiro atoms. The molecule has 5 heteroatoms. The van der Waals surface area contributed by atoms with Gasteiger partial charge in [0.1, 0.15) is 5.75 Å². The average molecular weight is 316 g/mol. The van der Waals surface area contributed by atoms with Crippen LogP contribution < -0.4 is 10.1 Å². The summed E-state index contributed by atoms with van der Waals surface area (Å²) < 4.78 is 6.01. The lowest BCUT2D eigenvalue weighted by molar-refractivity contribution is -0.119. The topological polar surface area (TPSA) is 38.3 Å². The van der Waals surface area contributed by atoms with Crippen LogP contribution in [0.1, 0.15) is 6.42 Å². The van der Waals surface area contributed by atoms with Crippen molar-refractivity contribution in [1.82, 2.24) is 0 Å². The van der Waals surface area contributed by atoms with Gasteiger partial charge in [0.05, 0.1) is 12.8 Å². The molecule has 92 valence electrons. The van der Waals surface area contributed by atoms with Crippen molar-refractivity contribution >= 4 is 39.3 Å². The number of hydrogen-bond donors (Lipinski definition) is 1. The number of ether oxygens (including phenoxy) is 1. The van der Waals surface area contributed by atoms with E-state index in [1.807, 2.05) is 30.0 Å². The molecule has 1 heterocycles. The number of halogens is 1. The summed E-state index contributed by atoms with van der Waals surface area (Å²) >= 11 is 5.26. The second kappa shape index (κ2) is 5.78. The summed E-state index contributed by atoms with van der Waals surface area (Å²) in [6.07, 6.45) is 0.970. The van der Waals surface area contributed by atoms with E-state index in [0.29, 0.717) is 0 Å². The minimum Gasteiger partial charge on any atom is -0.497 e. The molecule has 0 saturated carbocycles. The smallest absolute Gasteiger partial charge is 0.228 e. The molecule has 0 aliphatic carbocycles. The molecule has 0 bridgehead atoms. The summed E-state index contributed by atoms with van der Waals surface area (Å²) in [5, 5.41) is 2.95. The fourth-order valence-corrected chi connectivity index (χ4v) is 3.27. The number of nitrogens with one attached hydrogen (secondary N) is 1. The first-order chi connectivity index (χ1) is 8.20. The highest BCUT2D eigenvalue weighted by molar-refractivity contribution is 9.10. The highest BCUT2D eigenvalue weighted by Crippen LogP contribution is 2.29. The Morgan fingerprint density at radius 1 is 1.59 bits per heavy atom. The Hall–Kier alpha value is -0.680. The van der Waals surface area contributed by atoms with Gasteiger partial charge < -0.3 is 10.1 Å². The van der Waals surface area contributed by atoms with Crippen LogP contribution in [0.5, 0.6) is 5.75 Å².